The zero-order valence-electron chi connectivity index (χ0n) is 17.7. The molecular formula is C22H24N2O6S. The van der Waals surface area contributed by atoms with E-state index in [1.54, 1.807) is 44.4 Å². The lowest BCUT2D eigenvalue weighted by molar-refractivity contribution is -0.139. The Balaban J connectivity index is 1.93. The van der Waals surface area contributed by atoms with Crippen LogP contribution in [0, 0.1) is 13.8 Å². The van der Waals surface area contributed by atoms with Gasteiger partial charge in [-0.15, -0.1) is 11.3 Å². The molecule has 9 heteroatoms. The first-order valence-electron chi connectivity index (χ1n) is 9.69. The third kappa shape index (κ3) is 5.05. The van der Waals surface area contributed by atoms with Crippen molar-refractivity contribution in [2.45, 2.75) is 26.8 Å². The minimum atomic E-state index is -0.766. The largest absolute Gasteiger partial charge is 0.497 e. The van der Waals surface area contributed by atoms with Crippen molar-refractivity contribution < 1.29 is 28.6 Å². The van der Waals surface area contributed by atoms with E-state index in [1.807, 2.05) is 13.8 Å². The number of methoxy groups -OCH3 is 1. The Hall–Kier alpha value is -3.33. The molecule has 0 bridgehead atoms. The molecular weight excluding hydrogens is 420 g/mol. The summed E-state index contributed by atoms with van der Waals surface area (Å²) in [5, 5.41) is 5.32. The van der Waals surface area contributed by atoms with Gasteiger partial charge in [-0.25, -0.2) is 14.4 Å². The summed E-state index contributed by atoms with van der Waals surface area (Å²) in [6, 6.07) is 7.43. The average molecular weight is 445 g/mol. The highest BCUT2D eigenvalue weighted by Crippen LogP contribution is 2.29. The van der Waals surface area contributed by atoms with Crippen LogP contribution in [-0.4, -0.2) is 38.3 Å². The minimum absolute atomic E-state index is 0.159. The van der Waals surface area contributed by atoms with Crippen LogP contribution in [-0.2, 0) is 14.3 Å². The number of hydrogen-bond donors (Lipinski definition) is 2. The summed E-state index contributed by atoms with van der Waals surface area (Å²) < 4.78 is 15.8. The van der Waals surface area contributed by atoms with Crippen LogP contribution >= 0.6 is 11.3 Å². The SMILES string of the molecule is CCOC(=O)C1=C(COC(=O)c2cc(C)sc2C)NC(=O)N[C@H]1c1ccc(OC)cc1. The summed E-state index contributed by atoms with van der Waals surface area (Å²) in [5.41, 5.74) is 1.48. The van der Waals surface area contributed by atoms with Crippen molar-refractivity contribution in [1.29, 1.82) is 0 Å². The van der Waals surface area contributed by atoms with Crippen LogP contribution in [0.1, 0.15) is 38.6 Å². The molecule has 0 aliphatic carbocycles. The van der Waals surface area contributed by atoms with Crippen LogP contribution < -0.4 is 15.4 Å². The number of hydrogen-bond acceptors (Lipinski definition) is 7. The first-order valence-corrected chi connectivity index (χ1v) is 10.5. The number of carbonyl (C=O) groups excluding carboxylic acids is 3. The van der Waals surface area contributed by atoms with E-state index in [9.17, 15) is 14.4 Å². The van der Waals surface area contributed by atoms with Crippen LogP contribution in [0.15, 0.2) is 41.6 Å². The second kappa shape index (κ2) is 9.65. The highest BCUT2D eigenvalue weighted by molar-refractivity contribution is 7.12. The summed E-state index contributed by atoms with van der Waals surface area (Å²) in [7, 11) is 1.55. The number of thiophene rings is 1. The standard InChI is InChI=1S/C22H24N2O6S/c1-5-29-21(26)18-17(11-30-20(25)16-10-12(2)31-13(16)3)23-22(27)24-19(18)14-6-8-15(28-4)9-7-14/h6-10,19H,5,11H2,1-4H3,(H2,23,24,27)/t19-/m0/s1. The second-order valence-corrected chi connectivity index (χ2v) is 8.28. The van der Waals surface area contributed by atoms with Crippen molar-refractivity contribution >= 4 is 29.3 Å². The zero-order valence-corrected chi connectivity index (χ0v) is 18.6. The molecule has 3 rings (SSSR count). The van der Waals surface area contributed by atoms with Gasteiger partial charge in [0.15, 0.2) is 0 Å². The lowest BCUT2D eigenvalue weighted by atomic mass is 9.95. The molecule has 164 valence electrons. The fraction of sp³-hybridized carbons (Fsp3) is 0.318. The molecule has 0 fully saturated rings. The molecule has 2 N–H and O–H groups in total. The normalized spacial score (nSPS) is 15.7. The maximum atomic E-state index is 12.8. The van der Waals surface area contributed by atoms with E-state index in [2.05, 4.69) is 10.6 Å². The highest BCUT2D eigenvalue weighted by atomic mass is 32.1. The molecule has 0 spiro atoms. The van der Waals surface area contributed by atoms with E-state index in [0.717, 1.165) is 9.75 Å². The highest BCUT2D eigenvalue weighted by Gasteiger charge is 2.34. The number of nitrogens with one attached hydrogen (secondary N) is 2. The molecule has 31 heavy (non-hydrogen) atoms. The lowest BCUT2D eigenvalue weighted by Gasteiger charge is -2.29. The van der Waals surface area contributed by atoms with Gasteiger partial charge >= 0.3 is 18.0 Å². The Morgan fingerprint density at radius 1 is 1.10 bits per heavy atom. The maximum absolute atomic E-state index is 12.8. The van der Waals surface area contributed by atoms with Crippen LogP contribution in [0.3, 0.4) is 0 Å². The number of rotatable bonds is 7. The van der Waals surface area contributed by atoms with E-state index in [4.69, 9.17) is 14.2 Å². The number of amides is 2. The summed E-state index contributed by atoms with van der Waals surface area (Å²) in [6.07, 6.45) is 0. The van der Waals surface area contributed by atoms with Crippen molar-refractivity contribution in [3.8, 4) is 5.75 Å². The topological polar surface area (TPSA) is 103 Å². The number of urea groups is 1. The molecule has 1 aliphatic heterocycles. The van der Waals surface area contributed by atoms with Gasteiger partial charge < -0.3 is 24.8 Å². The molecule has 0 unspecified atom stereocenters. The van der Waals surface area contributed by atoms with Gasteiger partial charge in [0.05, 0.1) is 36.6 Å². The zero-order chi connectivity index (χ0) is 22.5. The van der Waals surface area contributed by atoms with E-state index < -0.39 is 24.0 Å². The number of ether oxygens (including phenoxy) is 3. The average Bonchev–Trinajstić information content (AvgIpc) is 3.09. The van der Waals surface area contributed by atoms with Crippen molar-refractivity contribution in [2.75, 3.05) is 20.3 Å². The molecule has 2 heterocycles. The van der Waals surface area contributed by atoms with Gasteiger partial charge in [-0.3, -0.25) is 0 Å². The van der Waals surface area contributed by atoms with Crippen LogP contribution in [0.25, 0.3) is 0 Å². The van der Waals surface area contributed by atoms with Crippen molar-refractivity contribution in [2.24, 2.45) is 0 Å². The van der Waals surface area contributed by atoms with Crippen LogP contribution in [0.5, 0.6) is 5.75 Å². The molecule has 8 nitrogen and oxygen atoms in total. The lowest BCUT2D eigenvalue weighted by Crippen LogP contribution is -2.47. The first-order chi connectivity index (χ1) is 14.8. The van der Waals surface area contributed by atoms with Crippen molar-refractivity contribution in [3.63, 3.8) is 0 Å². The van der Waals surface area contributed by atoms with Gasteiger partial charge in [-0.1, -0.05) is 12.1 Å². The fourth-order valence-corrected chi connectivity index (χ4v) is 4.19. The Morgan fingerprint density at radius 3 is 2.39 bits per heavy atom. The predicted octanol–water partition coefficient (Wildman–Crippen LogP) is 3.40. The van der Waals surface area contributed by atoms with Gasteiger partial charge in [-0.05, 0) is 44.5 Å². The smallest absolute Gasteiger partial charge is 0.339 e. The predicted molar refractivity (Wildman–Crippen MR) is 115 cm³/mol. The summed E-state index contributed by atoms with van der Waals surface area (Å²) in [6.45, 7) is 5.32. The van der Waals surface area contributed by atoms with Gasteiger partial charge in [-0.2, -0.15) is 0 Å². The number of benzene rings is 1. The minimum Gasteiger partial charge on any atom is -0.497 e. The first kappa shape index (κ1) is 22.4. The van der Waals surface area contributed by atoms with Crippen LogP contribution in [0.4, 0.5) is 4.79 Å². The third-order valence-electron chi connectivity index (χ3n) is 4.71. The van der Waals surface area contributed by atoms with Crippen molar-refractivity contribution in [1.82, 2.24) is 10.6 Å². The van der Waals surface area contributed by atoms with Gasteiger partial charge in [0.25, 0.3) is 0 Å². The quantitative estimate of drug-likeness (QED) is 0.635. The molecule has 1 aliphatic rings. The Kier molecular flexibility index (Phi) is 6.96. The van der Waals surface area contributed by atoms with E-state index in [0.29, 0.717) is 16.9 Å². The summed E-state index contributed by atoms with van der Waals surface area (Å²) >= 11 is 1.50. The van der Waals surface area contributed by atoms with Crippen molar-refractivity contribution in [3.05, 3.63) is 62.5 Å². The summed E-state index contributed by atoms with van der Waals surface area (Å²) in [4.78, 5) is 39.4. The molecule has 0 saturated carbocycles. The maximum Gasteiger partial charge on any atom is 0.339 e. The monoisotopic (exact) mass is 444 g/mol. The molecule has 1 aromatic carbocycles. The summed E-state index contributed by atoms with van der Waals surface area (Å²) in [5.74, 6) is -0.489. The molecule has 2 aromatic rings. The van der Waals surface area contributed by atoms with Gasteiger partial charge in [0, 0.05) is 9.75 Å². The molecule has 0 radical (unpaired) electrons. The van der Waals surface area contributed by atoms with E-state index in [-0.39, 0.29) is 24.5 Å². The van der Waals surface area contributed by atoms with E-state index in [1.165, 1.54) is 11.3 Å². The Labute approximate surface area is 184 Å². The molecule has 2 amide bonds. The molecule has 0 saturated heterocycles. The van der Waals surface area contributed by atoms with Gasteiger partial charge in [0.2, 0.25) is 0 Å². The Bertz CT molecular complexity index is 1030. The molecule has 1 aromatic heterocycles. The number of carbonyl (C=O) groups is 3. The van der Waals surface area contributed by atoms with E-state index >= 15 is 0 Å². The molecule has 1 atom stereocenters. The number of aryl methyl sites for hydroxylation is 2. The van der Waals surface area contributed by atoms with Gasteiger partial charge in [0.1, 0.15) is 12.4 Å². The number of esters is 2. The van der Waals surface area contributed by atoms with Crippen LogP contribution in [0.2, 0.25) is 0 Å². The second-order valence-electron chi connectivity index (χ2n) is 6.82. The third-order valence-corrected chi connectivity index (χ3v) is 5.67. The Morgan fingerprint density at radius 2 is 1.81 bits per heavy atom. The fourth-order valence-electron chi connectivity index (χ4n) is 3.28.